The van der Waals surface area contributed by atoms with Crippen LogP contribution in [0.4, 0.5) is 11.4 Å². The average Bonchev–Trinajstić information content (AvgIpc) is 2.71. The van der Waals surface area contributed by atoms with Gasteiger partial charge in [0.2, 0.25) is 5.91 Å². The summed E-state index contributed by atoms with van der Waals surface area (Å²) in [6.45, 7) is 2.95. The molecular weight excluding hydrogens is 372 g/mol. The van der Waals surface area contributed by atoms with E-state index in [0.29, 0.717) is 11.3 Å². The number of rotatable bonds is 9. The van der Waals surface area contributed by atoms with Crippen LogP contribution < -0.4 is 10.6 Å². The van der Waals surface area contributed by atoms with Crippen molar-refractivity contribution < 1.29 is 23.9 Å². The third-order valence-electron chi connectivity index (χ3n) is 4.15. The first kappa shape index (κ1) is 21.8. The molecule has 152 valence electrons. The van der Waals surface area contributed by atoms with Crippen molar-refractivity contribution in [2.24, 2.45) is 0 Å². The molecule has 29 heavy (non-hydrogen) atoms. The molecule has 0 aliphatic carbocycles. The molecule has 0 aliphatic heterocycles. The summed E-state index contributed by atoms with van der Waals surface area (Å²) in [5, 5.41) is 5.33. The van der Waals surface area contributed by atoms with Gasteiger partial charge in [-0.15, -0.1) is 0 Å². The Morgan fingerprint density at radius 1 is 0.897 bits per heavy atom. The monoisotopic (exact) mass is 396 g/mol. The van der Waals surface area contributed by atoms with Gasteiger partial charge in [0.1, 0.15) is 0 Å². The summed E-state index contributed by atoms with van der Waals surface area (Å²) in [4.78, 5) is 47.1. The average molecular weight is 396 g/mol. The minimum Gasteiger partial charge on any atom is -0.456 e. The normalized spacial score (nSPS) is 10.1. The molecule has 2 aromatic rings. The van der Waals surface area contributed by atoms with Crippen LogP contribution in [0.3, 0.4) is 0 Å². The maximum Gasteiger partial charge on any atom is 0.306 e. The number of carbonyl (C=O) groups is 4. The zero-order valence-corrected chi connectivity index (χ0v) is 16.5. The molecule has 7 nitrogen and oxygen atoms in total. The van der Waals surface area contributed by atoms with Crippen LogP contribution >= 0.6 is 0 Å². The summed E-state index contributed by atoms with van der Waals surface area (Å²) in [5.74, 6) is -1.59. The van der Waals surface area contributed by atoms with Crippen LogP contribution in [0.15, 0.2) is 48.5 Å². The van der Waals surface area contributed by atoms with Crippen molar-refractivity contribution in [3.63, 3.8) is 0 Å². The lowest BCUT2D eigenvalue weighted by atomic mass is 10.1. The van der Waals surface area contributed by atoms with Crippen LogP contribution in [0.5, 0.6) is 0 Å². The molecule has 0 fully saturated rings. The van der Waals surface area contributed by atoms with E-state index in [1.807, 2.05) is 25.1 Å². The molecule has 2 aromatic carbocycles. The molecule has 0 bridgehead atoms. The number of para-hydroxylation sites is 1. The summed E-state index contributed by atoms with van der Waals surface area (Å²) in [6.07, 6.45) is 0.606. The maximum atomic E-state index is 12.0. The Morgan fingerprint density at radius 2 is 1.66 bits per heavy atom. The van der Waals surface area contributed by atoms with Gasteiger partial charge in [-0.25, -0.2) is 0 Å². The van der Waals surface area contributed by atoms with Gasteiger partial charge >= 0.3 is 5.97 Å². The van der Waals surface area contributed by atoms with Gasteiger partial charge in [-0.05, 0) is 37.1 Å². The van der Waals surface area contributed by atoms with Crippen LogP contribution in [0.2, 0.25) is 0 Å². The van der Waals surface area contributed by atoms with Crippen LogP contribution in [0, 0.1) is 0 Å². The summed E-state index contributed by atoms with van der Waals surface area (Å²) in [6, 6.07) is 13.9. The van der Waals surface area contributed by atoms with Gasteiger partial charge in [-0.3, -0.25) is 19.2 Å². The standard InChI is InChI=1S/C22H24N2O5/c1-3-16-7-4-5-10-19(16)24-20(26)11-12-22(28)29-14-21(27)23-18-9-6-8-17(13-18)15(2)25/h4-10,13H,3,11-12,14H2,1-2H3,(H,23,27)(H,24,26). The number of nitrogens with one attached hydrogen (secondary N) is 2. The molecule has 0 aromatic heterocycles. The van der Waals surface area contributed by atoms with Gasteiger partial charge in [0.05, 0.1) is 6.42 Å². The zero-order valence-electron chi connectivity index (χ0n) is 16.5. The SMILES string of the molecule is CCc1ccccc1NC(=O)CCC(=O)OCC(=O)Nc1cccc(C(C)=O)c1. The van der Waals surface area contributed by atoms with E-state index >= 15 is 0 Å². The molecule has 2 amide bonds. The van der Waals surface area contributed by atoms with E-state index in [9.17, 15) is 19.2 Å². The molecule has 2 rings (SSSR count). The van der Waals surface area contributed by atoms with Crippen molar-refractivity contribution in [1.82, 2.24) is 0 Å². The van der Waals surface area contributed by atoms with Crippen molar-refractivity contribution >= 4 is 34.9 Å². The van der Waals surface area contributed by atoms with Gasteiger partial charge < -0.3 is 15.4 Å². The van der Waals surface area contributed by atoms with Crippen molar-refractivity contribution in [3.05, 3.63) is 59.7 Å². The van der Waals surface area contributed by atoms with Crippen molar-refractivity contribution in [2.75, 3.05) is 17.2 Å². The van der Waals surface area contributed by atoms with Gasteiger partial charge in [0, 0.05) is 23.4 Å². The first-order valence-corrected chi connectivity index (χ1v) is 9.33. The fraction of sp³-hybridized carbons (Fsp3) is 0.273. The topological polar surface area (TPSA) is 102 Å². The number of ether oxygens (including phenoxy) is 1. The second-order valence-electron chi connectivity index (χ2n) is 6.40. The van der Waals surface area contributed by atoms with E-state index in [-0.39, 0.29) is 24.5 Å². The van der Waals surface area contributed by atoms with Crippen molar-refractivity contribution in [3.8, 4) is 0 Å². The fourth-order valence-electron chi connectivity index (χ4n) is 2.61. The third kappa shape index (κ3) is 7.21. The van der Waals surface area contributed by atoms with Crippen LogP contribution in [-0.2, 0) is 25.5 Å². The van der Waals surface area contributed by atoms with Crippen molar-refractivity contribution in [2.45, 2.75) is 33.1 Å². The molecule has 2 N–H and O–H groups in total. The molecule has 0 unspecified atom stereocenters. The van der Waals surface area contributed by atoms with E-state index in [0.717, 1.165) is 17.7 Å². The summed E-state index contributed by atoms with van der Waals surface area (Å²) < 4.78 is 4.90. The number of anilines is 2. The summed E-state index contributed by atoms with van der Waals surface area (Å²) in [5.41, 5.74) is 2.64. The van der Waals surface area contributed by atoms with Crippen LogP contribution in [0.1, 0.15) is 42.6 Å². The first-order valence-electron chi connectivity index (χ1n) is 9.33. The maximum absolute atomic E-state index is 12.0. The molecule has 0 spiro atoms. The summed E-state index contributed by atoms with van der Waals surface area (Å²) >= 11 is 0. The molecule has 7 heteroatoms. The largest absolute Gasteiger partial charge is 0.456 e. The number of carbonyl (C=O) groups excluding carboxylic acids is 4. The van der Waals surface area contributed by atoms with Gasteiger partial charge in [-0.1, -0.05) is 37.3 Å². The van der Waals surface area contributed by atoms with E-state index in [4.69, 9.17) is 4.74 Å². The number of esters is 1. The molecular formula is C22H24N2O5. The molecule has 0 saturated heterocycles. The molecule has 0 heterocycles. The molecule has 0 aliphatic rings. The van der Waals surface area contributed by atoms with E-state index in [2.05, 4.69) is 10.6 Å². The minimum absolute atomic E-state index is 0.0425. The Labute approximate surface area is 169 Å². The Bertz CT molecular complexity index is 908. The number of benzene rings is 2. The van der Waals surface area contributed by atoms with Crippen molar-refractivity contribution in [1.29, 1.82) is 0 Å². The Morgan fingerprint density at radius 3 is 2.38 bits per heavy atom. The summed E-state index contributed by atoms with van der Waals surface area (Å²) in [7, 11) is 0. The lowest BCUT2D eigenvalue weighted by molar-refractivity contribution is -0.147. The van der Waals surface area contributed by atoms with E-state index in [1.54, 1.807) is 30.3 Å². The highest BCUT2D eigenvalue weighted by molar-refractivity contribution is 5.98. The highest BCUT2D eigenvalue weighted by Crippen LogP contribution is 2.16. The Hall–Kier alpha value is -3.48. The Kier molecular flexibility index (Phi) is 8.09. The van der Waals surface area contributed by atoms with Gasteiger partial charge in [-0.2, -0.15) is 0 Å². The van der Waals surface area contributed by atoms with Gasteiger partial charge in [0.15, 0.2) is 12.4 Å². The number of Topliss-reactive ketones (excluding diaryl/α,β-unsaturated/α-hetero) is 1. The predicted molar refractivity (Wildman–Crippen MR) is 110 cm³/mol. The quantitative estimate of drug-likeness (QED) is 0.500. The number of ketones is 1. The minimum atomic E-state index is -0.642. The zero-order chi connectivity index (χ0) is 21.2. The predicted octanol–water partition coefficient (Wildman–Crippen LogP) is 3.35. The van der Waals surface area contributed by atoms with E-state index < -0.39 is 18.5 Å². The fourth-order valence-corrected chi connectivity index (χ4v) is 2.61. The third-order valence-corrected chi connectivity index (χ3v) is 4.15. The van der Waals surface area contributed by atoms with Crippen LogP contribution in [-0.4, -0.2) is 30.2 Å². The molecule has 0 saturated carbocycles. The highest BCUT2D eigenvalue weighted by Gasteiger charge is 2.12. The molecule has 0 atom stereocenters. The second kappa shape index (κ2) is 10.8. The van der Waals surface area contributed by atoms with E-state index in [1.165, 1.54) is 6.92 Å². The van der Waals surface area contributed by atoms with Gasteiger partial charge in [0.25, 0.3) is 5.91 Å². The number of amides is 2. The highest BCUT2D eigenvalue weighted by atomic mass is 16.5. The lowest BCUT2D eigenvalue weighted by Gasteiger charge is -2.10. The number of aryl methyl sites for hydroxylation is 1. The first-order chi connectivity index (χ1) is 13.9. The number of hydrogen-bond acceptors (Lipinski definition) is 5. The smallest absolute Gasteiger partial charge is 0.306 e. The Balaban J connectivity index is 1.73. The lowest BCUT2D eigenvalue weighted by Crippen LogP contribution is -2.22. The second-order valence-corrected chi connectivity index (χ2v) is 6.40. The molecule has 0 radical (unpaired) electrons. The number of hydrogen-bond donors (Lipinski definition) is 2. The van der Waals surface area contributed by atoms with Crippen LogP contribution in [0.25, 0.3) is 0 Å².